The van der Waals surface area contributed by atoms with Crippen LogP contribution in [0.2, 0.25) is 0 Å². The highest BCUT2D eigenvalue weighted by Gasteiger charge is 2.19. The highest BCUT2D eigenvalue weighted by molar-refractivity contribution is 7.98. The molecule has 1 aliphatic rings. The Bertz CT molecular complexity index is 360. The zero-order valence-corrected chi connectivity index (χ0v) is 10.1. The van der Waals surface area contributed by atoms with Gasteiger partial charge in [0.25, 0.3) is 0 Å². The van der Waals surface area contributed by atoms with Gasteiger partial charge < -0.3 is 10.6 Å². The molecule has 0 aliphatic heterocycles. The van der Waals surface area contributed by atoms with E-state index in [-0.39, 0.29) is 6.03 Å². The van der Waals surface area contributed by atoms with Crippen LogP contribution < -0.4 is 10.6 Å². The average molecular weight is 236 g/mol. The van der Waals surface area contributed by atoms with Gasteiger partial charge in [-0.3, -0.25) is 0 Å². The molecular formula is C12H16N2OS. The fourth-order valence-corrected chi connectivity index (χ4v) is 1.99. The normalized spacial score (nSPS) is 15.3. The van der Waals surface area contributed by atoms with Gasteiger partial charge in [-0.15, -0.1) is 11.8 Å². The van der Waals surface area contributed by atoms with Crippen molar-refractivity contribution >= 4 is 23.5 Å². The topological polar surface area (TPSA) is 41.1 Å². The second-order valence-electron chi connectivity index (χ2n) is 3.95. The lowest BCUT2D eigenvalue weighted by molar-refractivity contribution is 0.240. The quantitative estimate of drug-likeness (QED) is 0.792. The molecule has 86 valence electrons. The standard InChI is InChI=1S/C12H16N2OS/c1-16-11-7-5-10(6-8-11)14-12(15)13-9-3-2-4-9/h5-9H,2-4H2,1H3,(H2,13,14,15). The minimum absolute atomic E-state index is 0.0957. The first kappa shape index (κ1) is 11.3. The summed E-state index contributed by atoms with van der Waals surface area (Å²) in [5.74, 6) is 0. The first-order valence-electron chi connectivity index (χ1n) is 5.49. The number of amides is 2. The average Bonchev–Trinajstić information content (AvgIpc) is 2.25. The third-order valence-electron chi connectivity index (χ3n) is 2.79. The van der Waals surface area contributed by atoms with E-state index in [4.69, 9.17) is 0 Å². The number of rotatable bonds is 3. The van der Waals surface area contributed by atoms with Crippen molar-refractivity contribution in [3.63, 3.8) is 0 Å². The monoisotopic (exact) mass is 236 g/mol. The Morgan fingerprint density at radius 3 is 2.50 bits per heavy atom. The van der Waals surface area contributed by atoms with Crippen molar-refractivity contribution in [3.05, 3.63) is 24.3 Å². The smallest absolute Gasteiger partial charge is 0.319 e. The van der Waals surface area contributed by atoms with E-state index >= 15 is 0 Å². The Hall–Kier alpha value is -1.16. The first-order valence-corrected chi connectivity index (χ1v) is 6.72. The van der Waals surface area contributed by atoms with E-state index in [1.54, 1.807) is 11.8 Å². The van der Waals surface area contributed by atoms with Crippen LogP contribution >= 0.6 is 11.8 Å². The molecule has 3 nitrogen and oxygen atoms in total. The number of urea groups is 1. The molecular weight excluding hydrogens is 220 g/mol. The summed E-state index contributed by atoms with van der Waals surface area (Å²) in [6.07, 6.45) is 5.48. The van der Waals surface area contributed by atoms with Gasteiger partial charge in [0.1, 0.15) is 0 Å². The molecule has 0 saturated heterocycles. The van der Waals surface area contributed by atoms with Crippen LogP contribution in [0.4, 0.5) is 10.5 Å². The lowest BCUT2D eigenvalue weighted by Crippen LogP contribution is -2.41. The molecule has 2 rings (SSSR count). The summed E-state index contributed by atoms with van der Waals surface area (Å²) in [6.45, 7) is 0. The minimum atomic E-state index is -0.0957. The van der Waals surface area contributed by atoms with Crippen molar-refractivity contribution in [2.75, 3.05) is 11.6 Å². The predicted octanol–water partition coefficient (Wildman–Crippen LogP) is 3.08. The predicted molar refractivity (Wildman–Crippen MR) is 68.0 cm³/mol. The fraction of sp³-hybridized carbons (Fsp3) is 0.417. The number of benzene rings is 1. The Labute approximate surface area is 100.0 Å². The zero-order chi connectivity index (χ0) is 11.4. The van der Waals surface area contributed by atoms with E-state index in [0.29, 0.717) is 6.04 Å². The fourth-order valence-electron chi connectivity index (χ4n) is 1.58. The maximum absolute atomic E-state index is 11.5. The van der Waals surface area contributed by atoms with Gasteiger partial charge in [-0.05, 0) is 49.8 Å². The highest BCUT2D eigenvalue weighted by atomic mass is 32.2. The summed E-state index contributed by atoms with van der Waals surface area (Å²) in [6, 6.07) is 8.14. The van der Waals surface area contributed by atoms with Gasteiger partial charge >= 0.3 is 6.03 Å². The maximum atomic E-state index is 11.5. The van der Waals surface area contributed by atoms with Gasteiger partial charge in [-0.1, -0.05) is 0 Å². The Balaban J connectivity index is 1.84. The Kier molecular flexibility index (Phi) is 3.72. The van der Waals surface area contributed by atoms with Crippen LogP contribution in [0.15, 0.2) is 29.2 Å². The van der Waals surface area contributed by atoms with E-state index in [0.717, 1.165) is 18.5 Å². The molecule has 2 amide bonds. The molecule has 4 heteroatoms. The molecule has 1 aliphatic carbocycles. The van der Waals surface area contributed by atoms with Crippen molar-refractivity contribution in [2.45, 2.75) is 30.2 Å². The number of carbonyl (C=O) groups is 1. The summed E-state index contributed by atoms with van der Waals surface area (Å²) < 4.78 is 0. The summed E-state index contributed by atoms with van der Waals surface area (Å²) in [7, 11) is 0. The van der Waals surface area contributed by atoms with Gasteiger partial charge in [-0.2, -0.15) is 0 Å². The van der Waals surface area contributed by atoms with Crippen LogP contribution in [0.3, 0.4) is 0 Å². The van der Waals surface area contributed by atoms with E-state index in [1.165, 1.54) is 11.3 Å². The molecule has 0 spiro atoms. The van der Waals surface area contributed by atoms with Crippen molar-refractivity contribution in [3.8, 4) is 0 Å². The van der Waals surface area contributed by atoms with Crippen molar-refractivity contribution in [1.82, 2.24) is 5.32 Å². The molecule has 0 aromatic heterocycles. The molecule has 0 radical (unpaired) electrons. The first-order chi connectivity index (χ1) is 7.78. The van der Waals surface area contributed by atoms with Crippen LogP contribution in [-0.4, -0.2) is 18.3 Å². The summed E-state index contributed by atoms with van der Waals surface area (Å²) in [5.41, 5.74) is 0.842. The van der Waals surface area contributed by atoms with Crippen LogP contribution in [-0.2, 0) is 0 Å². The second kappa shape index (κ2) is 5.25. The lowest BCUT2D eigenvalue weighted by atomic mass is 9.93. The SMILES string of the molecule is CSc1ccc(NC(=O)NC2CCC2)cc1. The third kappa shape index (κ3) is 2.92. The van der Waals surface area contributed by atoms with Crippen molar-refractivity contribution in [2.24, 2.45) is 0 Å². The Morgan fingerprint density at radius 2 is 2.00 bits per heavy atom. The molecule has 1 fully saturated rings. The maximum Gasteiger partial charge on any atom is 0.319 e. The van der Waals surface area contributed by atoms with Crippen molar-refractivity contribution in [1.29, 1.82) is 0 Å². The molecule has 0 bridgehead atoms. The molecule has 0 heterocycles. The third-order valence-corrected chi connectivity index (χ3v) is 3.53. The van der Waals surface area contributed by atoms with Crippen LogP contribution in [0.1, 0.15) is 19.3 Å². The second-order valence-corrected chi connectivity index (χ2v) is 4.83. The van der Waals surface area contributed by atoms with E-state index in [9.17, 15) is 4.79 Å². The lowest BCUT2D eigenvalue weighted by Gasteiger charge is -2.26. The number of anilines is 1. The van der Waals surface area contributed by atoms with E-state index in [2.05, 4.69) is 10.6 Å². The van der Waals surface area contributed by atoms with Crippen LogP contribution in [0, 0.1) is 0 Å². The van der Waals surface area contributed by atoms with Gasteiger partial charge in [0.05, 0.1) is 0 Å². The number of thioether (sulfide) groups is 1. The van der Waals surface area contributed by atoms with E-state index in [1.807, 2.05) is 30.5 Å². The molecule has 16 heavy (non-hydrogen) atoms. The van der Waals surface area contributed by atoms with Crippen LogP contribution in [0.5, 0.6) is 0 Å². The highest BCUT2D eigenvalue weighted by Crippen LogP contribution is 2.19. The molecule has 0 unspecified atom stereocenters. The summed E-state index contributed by atoms with van der Waals surface area (Å²) in [5, 5.41) is 5.77. The van der Waals surface area contributed by atoms with Gasteiger partial charge in [-0.25, -0.2) is 4.79 Å². The summed E-state index contributed by atoms with van der Waals surface area (Å²) in [4.78, 5) is 12.7. The molecule has 1 aromatic rings. The van der Waals surface area contributed by atoms with Gasteiger partial charge in [0, 0.05) is 16.6 Å². The number of hydrogen-bond acceptors (Lipinski definition) is 2. The van der Waals surface area contributed by atoms with Gasteiger partial charge in [0.2, 0.25) is 0 Å². The van der Waals surface area contributed by atoms with Crippen molar-refractivity contribution < 1.29 is 4.79 Å². The van der Waals surface area contributed by atoms with E-state index < -0.39 is 0 Å². The molecule has 2 N–H and O–H groups in total. The molecule has 1 saturated carbocycles. The number of carbonyl (C=O) groups excluding carboxylic acids is 1. The van der Waals surface area contributed by atoms with Gasteiger partial charge in [0.15, 0.2) is 0 Å². The number of nitrogens with one attached hydrogen (secondary N) is 2. The van der Waals surface area contributed by atoms with Crippen LogP contribution in [0.25, 0.3) is 0 Å². The summed E-state index contributed by atoms with van der Waals surface area (Å²) >= 11 is 1.69. The minimum Gasteiger partial charge on any atom is -0.335 e. The number of hydrogen-bond donors (Lipinski definition) is 2. The Morgan fingerprint density at radius 1 is 1.31 bits per heavy atom. The zero-order valence-electron chi connectivity index (χ0n) is 9.32. The largest absolute Gasteiger partial charge is 0.335 e. The molecule has 1 aromatic carbocycles. The molecule has 0 atom stereocenters.